The van der Waals surface area contributed by atoms with Gasteiger partial charge in [-0.15, -0.1) is 11.3 Å². The normalized spacial score (nSPS) is 13.0. The average Bonchev–Trinajstić information content (AvgIpc) is 3.25. The number of hydrogen-bond donors (Lipinski definition) is 4. The van der Waals surface area contributed by atoms with E-state index in [0.717, 1.165) is 34.4 Å². The fourth-order valence-corrected chi connectivity index (χ4v) is 5.42. The van der Waals surface area contributed by atoms with Gasteiger partial charge in [-0.25, -0.2) is 14.4 Å². The van der Waals surface area contributed by atoms with Crippen LogP contribution in [-0.4, -0.2) is 21.0 Å². The van der Waals surface area contributed by atoms with E-state index in [0.29, 0.717) is 33.7 Å². The third-order valence-corrected chi connectivity index (χ3v) is 7.69. The molecule has 5 N–H and O–H groups in total. The zero-order valence-electron chi connectivity index (χ0n) is 20.0. The van der Waals surface area contributed by atoms with Crippen LogP contribution in [0.3, 0.4) is 0 Å². The smallest absolute Gasteiger partial charge is 0.258 e. The van der Waals surface area contributed by atoms with Gasteiger partial charge < -0.3 is 21.5 Å². The van der Waals surface area contributed by atoms with Crippen molar-refractivity contribution in [1.82, 2.24) is 9.97 Å². The molecule has 0 radical (unpaired) electrons. The third kappa shape index (κ3) is 4.41. The first-order chi connectivity index (χ1) is 17.8. The lowest BCUT2D eigenvalue weighted by atomic mass is 9.96. The molecule has 0 saturated heterocycles. The summed E-state index contributed by atoms with van der Waals surface area (Å²) in [5.41, 5.74) is 11.9. The van der Waals surface area contributed by atoms with E-state index in [4.69, 9.17) is 17.3 Å². The molecule has 2 aromatic heterocycles. The number of nitrogens with one attached hydrogen (secondary N) is 2. The number of nitrogens with two attached hydrogens (primary N) is 1. The average molecular weight is 536 g/mol. The van der Waals surface area contributed by atoms with Crippen LogP contribution in [0, 0.1) is 12.7 Å². The number of hydrogen-bond acceptors (Lipinski definition) is 7. The molecule has 37 heavy (non-hydrogen) atoms. The quantitative estimate of drug-likeness (QED) is 0.205. The Bertz CT molecular complexity index is 1630. The minimum atomic E-state index is -0.741. The Morgan fingerprint density at radius 3 is 2.86 bits per heavy atom. The number of thiophene rings is 1. The predicted octanol–water partition coefficient (Wildman–Crippen LogP) is 6.98. The number of amides is 1. The fourth-order valence-electron chi connectivity index (χ4n) is 4.36. The van der Waals surface area contributed by atoms with Crippen molar-refractivity contribution in [1.29, 1.82) is 0 Å². The molecule has 10 heteroatoms. The molecule has 1 amide bonds. The molecule has 0 unspecified atom stereocenters. The van der Waals surface area contributed by atoms with Crippen molar-refractivity contribution in [3.05, 3.63) is 80.7 Å². The fraction of sp³-hybridized carbons (Fsp3) is 0.148. The van der Waals surface area contributed by atoms with Crippen LogP contribution in [0.4, 0.5) is 21.6 Å². The van der Waals surface area contributed by atoms with Gasteiger partial charge in [0, 0.05) is 22.2 Å². The largest absolute Gasteiger partial charge is 0.506 e. The van der Waals surface area contributed by atoms with Crippen LogP contribution in [0.5, 0.6) is 5.75 Å². The van der Waals surface area contributed by atoms with Crippen LogP contribution in [0.25, 0.3) is 22.0 Å². The van der Waals surface area contributed by atoms with Gasteiger partial charge in [-0.1, -0.05) is 42.8 Å². The molecule has 0 fully saturated rings. The summed E-state index contributed by atoms with van der Waals surface area (Å²) in [5.74, 6) is -1.05. The first kappa shape index (κ1) is 24.7. The van der Waals surface area contributed by atoms with E-state index in [1.54, 1.807) is 5.38 Å². The van der Waals surface area contributed by atoms with Gasteiger partial charge in [0.2, 0.25) is 0 Å². The molecule has 0 saturated carbocycles. The molecular formula is C27H23ClFN5O2S. The van der Waals surface area contributed by atoms with Gasteiger partial charge in [-0.3, -0.25) is 4.79 Å². The molecule has 2 heterocycles. The SMILES string of the molecule is CCC1=C(Nc2ccc(O)c(Cl)c2F)c2ccc(C)c(NC(=O)c3csc4c(N)ncnc34)c2C=CC1. The maximum absolute atomic E-state index is 14.9. The van der Waals surface area contributed by atoms with E-state index in [2.05, 4.69) is 20.6 Å². The van der Waals surface area contributed by atoms with E-state index in [1.165, 1.54) is 29.8 Å². The molecule has 1 aliphatic rings. The Morgan fingerprint density at radius 1 is 1.27 bits per heavy atom. The molecular weight excluding hydrogens is 513 g/mol. The minimum absolute atomic E-state index is 0.143. The number of halogens is 2. The first-order valence-electron chi connectivity index (χ1n) is 11.6. The molecule has 0 bridgehead atoms. The number of carbonyl (C=O) groups excluding carboxylic acids is 1. The summed E-state index contributed by atoms with van der Waals surface area (Å²) in [4.78, 5) is 21.6. The summed E-state index contributed by atoms with van der Waals surface area (Å²) in [6.45, 7) is 3.94. The lowest BCUT2D eigenvalue weighted by molar-refractivity contribution is 0.102. The summed E-state index contributed by atoms with van der Waals surface area (Å²) in [6, 6.07) is 6.65. The van der Waals surface area contributed by atoms with Crippen LogP contribution < -0.4 is 16.4 Å². The molecule has 0 atom stereocenters. The molecule has 7 nitrogen and oxygen atoms in total. The molecule has 0 spiro atoms. The van der Waals surface area contributed by atoms with Crippen molar-refractivity contribution in [3.63, 3.8) is 0 Å². The minimum Gasteiger partial charge on any atom is -0.506 e. The van der Waals surface area contributed by atoms with E-state index in [-0.39, 0.29) is 22.4 Å². The predicted molar refractivity (Wildman–Crippen MR) is 149 cm³/mol. The summed E-state index contributed by atoms with van der Waals surface area (Å²) in [6.07, 6.45) is 6.69. The number of aromatic nitrogens is 2. The molecule has 5 rings (SSSR count). The Labute approximate surface area is 221 Å². The van der Waals surface area contributed by atoms with Crippen molar-refractivity contribution in [3.8, 4) is 5.75 Å². The van der Waals surface area contributed by atoms with Gasteiger partial charge in [0.25, 0.3) is 5.91 Å². The number of rotatable bonds is 5. The number of allylic oxidation sites excluding steroid dienone is 2. The van der Waals surface area contributed by atoms with Crippen molar-refractivity contribution >= 4 is 68.0 Å². The molecule has 4 aromatic rings. The van der Waals surface area contributed by atoms with Crippen molar-refractivity contribution in [2.45, 2.75) is 26.7 Å². The van der Waals surface area contributed by atoms with Gasteiger partial charge in [-0.05, 0) is 43.0 Å². The van der Waals surface area contributed by atoms with Gasteiger partial charge in [0.1, 0.15) is 22.9 Å². The number of phenols is 1. The highest BCUT2D eigenvalue weighted by atomic mass is 35.5. The highest BCUT2D eigenvalue weighted by molar-refractivity contribution is 7.18. The standard InChI is InChI=1S/C27H23ClFN5O2S/c1-3-14-5-4-6-15-16(23(14)33-18-9-10-19(35)20(28)21(18)29)8-7-13(2)22(15)34-27(36)17-11-37-25-24(17)31-12-32-26(25)30/h4,6-12,33,35H,3,5H2,1-2H3,(H,34,36)(H2,30,31,32). The van der Waals surface area contributed by atoms with Gasteiger partial charge in [0.15, 0.2) is 5.82 Å². The third-order valence-electron chi connectivity index (χ3n) is 6.34. The van der Waals surface area contributed by atoms with Crippen LogP contribution >= 0.6 is 22.9 Å². The van der Waals surface area contributed by atoms with E-state index >= 15 is 0 Å². The van der Waals surface area contributed by atoms with Crippen molar-refractivity contribution in [2.75, 3.05) is 16.4 Å². The number of anilines is 3. The zero-order chi connectivity index (χ0) is 26.3. The maximum atomic E-state index is 14.9. The Hall–Kier alpha value is -3.95. The number of benzene rings is 2. The molecule has 2 aromatic carbocycles. The van der Waals surface area contributed by atoms with Crippen LogP contribution in [0.15, 0.2) is 47.6 Å². The summed E-state index contributed by atoms with van der Waals surface area (Å²) >= 11 is 7.27. The topological polar surface area (TPSA) is 113 Å². The number of phenolic OH excluding ortho intramolecular Hbond substituents is 1. The van der Waals surface area contributed by atoms with Crippen LogP contribution in [0.2, 0.25) is 5.02 Å². The second-order valence-corrected chi connectivity index (χ2v) is 9.84. The maximum Gasteiger partial charge on any atom is 0.258 e. The number of aromatic hydroxyl groups is 1. The molecule has 0 aliphatic heterocycles. The number of nitrogen functional groups attached to an aromatic ring is 1. The highest BCUT2D eigenvalue weighted by Crippen LogP contribution is 2.39. The van der Waals surface area contributed by atoms with Gasteiger partial charge >= 0.3 is 0 Å². The summed E-state index contributed by atoms with van der Waals surface area (Å²) in [5, 5.41) is 17.4. The monoisotopic (exact) mass is 535 g/mol. The number of nitrogens with zero attached hydrogens (tertiary/aromatic N) is 2. The van der Waals surface area contributed by atoms with E-state index in [9.17, 15) is 14.3 Å². The van der Waals surface area contributed by atoms with Crippen molar-refractivity contribution in [2.24, 2.45) is 0 Å². The van der Waals surface area contributed by atoms with Gasteiger partial charge in [0.05, 0.1) is 27.2 Å². The summed E-state index contributed by atoms with van der Waals surface area (Å²) in [7, 11) is 0. The molecule has 1 aliphatic carbocycles. The van der Waals surface area contributed by atoms with Crippen LogP contribution in [-0.2, 0) is 0 Å². The first-order valence-corrected chi connectivity index (χ1v) is 12.8. The lowest BCUT2D eigenvalue weighted by Gasteiger charge is -2.21. The Morgan fingerprint density at radius 2 is 2.08 bits per heavy atom. The Kier molecular flexibility index (Phi) is 6.57. The summed E-state index contributed by atoms with van der Waals surface area (Å²) < 4.78 is 15.5. The zero-order valence-corrected chi connectivity index (χ0v) is 21.6. The second kappa shape index (κ2) is 9.84. The molecule has 188 valence electrons. The van der Waals surface area contributed by atoms with E-state index in [1.807, 2.05) is 38.1 Å². The van der Waals surface area contributed by atoms with Crippen molar-refractivity contribution < 1.29 is 14.3 Å². The number of carbonyl (C=O) groups is 1. The van der Waals surface area contributed by atoms with E-state index < -0.39 is 5.82 Å². The number of fused-ring (bicyclic) bond motifs is 2. The second-order valence-electron chi connectivity index (χ2n) is 8.58. The lowest BCUT2D eigenvalue weighted by Crippen LogP contribution is -2.15. The number of aryl methyl sites for hydroxylation is 1. The highest BCUT2D eigenvalue weighted by Gasteiger charge is 2.23. The van der Waals surface area contributed by atoms with Gasteiger partial charge in [-0.2, -0.15) is 0 Å². The Balaban J connectivity index is 1.58. The van der Waals surface area contributed by atoms with Crippen LogP contribution in [0.1, 0.15) is 46.8 Å².